The van der Waals surface area contributed by atoms with Crippen LogP contribution in [0.25, 0.3) is 5.69 Å². The number of nitrogens with zero attached hydrogens (tertiary/aromatic N) is 3. The van der Waals surface area contributed by atoms with Gasteiger partial charge in [0.2, 0.25) is 0 Å². The highest BCUT2D eigenvalue weighted by Crippen LogP contribution is 2.26. The maximum atomic E-state index is 12.4. The number of carbonyl (C=O) groups is 1. The number of amides is 1. The average molecular weight is 344 g/mol. The largest absolute Gasteiger partial charge is 0.396 e. The molecule has 3 rings (SSSR count). The van der Waals surface area contributed by atoms with Crippen molar-refractivity contribution < 1.29 is 14.8 Å². The van der Waals surface area contributed by atoms with Gasteiger partial charge in [-0.15, -0.1) is 0 Å². The summed E-state index contributed by atoms with van der Waals surface area (Å²) in [5, 5.41) is 23.5. The first-order chi connectivity index (χ1) is 12.1. The van der Waals surface area contributed by atoms with Gasteiger partial charge in [-0.2, -0.15) is 0 Å². The van der Waals surface area contributed by atoms with Gasteiger partial charge in [0.1, 0.15) is 5.69 Å². The Morgan fingerprint density at radius 1 is 1.36 bits per heavy atom. The molecule has 1 amide bonds. The topological polar surface area (TPSA) is 110 Å². The lowest BCUT2D eigenvalue weighted by Gasteiger charge is -2.27. The third-order valence-electron chi connectivity index (χ3n) is 4.66. The molecule has 0 radical (unpaired) electrons. The maximum Gasteiger partial charge on any atom is 0.294 e. The summed E-state index contributed by atoms with van der Waals surface area (Å²) in [5.74, 6) is -0.00330. The maximum absolute atomic E-state index is 12.4. The van der Waals surface area contributed by atoms with Crippen LogP contribution in [0.4, 0.5) is 5.69 Å². The second-order valence-electron chi connectivity index (χ2n) is 6.30. The van der Waals surface area contributed by atoms with Crippen molar-refractivity contribution in [2.75, 3.05) is 6.61 Å². The van der Waals surface area contributed by atoms with E-state index in [1.807, 2.05) is 0 Å². The zero-order valence-electron chi connectivity index (χ0n) is 13.7. The van der Waals surface area contributed by atoms with E-state index in [1.54, 1.807) is 18.3 Å². The van der Waals surface area contributed by atoms with Crippen molar-refractivity contribution in [3.63, 3.8) is 0 Å². The molecular formula is C17H20N4O4. The summed E-state index contributed by atoms with van der Waals surface area (Å²) in [7, 11) is 0. The van der Waals surface area contributed by atoms with Gasteiger partial charge in [-0.1, -0.05) is 0 Å². The molecule has 1 fully saturated rings. The van der Waals surface area contributed by atoms with Crippen LogP contribution in [-0.2, 0) is 0 Å². The Morgan fingerprint density at radius 2 is 2.12 bits per heavy atom. The lowest BCUT2D eigenvalue weighted by Crippen LogP contribution is -2.38. The van der Waals surface area contributed by atoms with Crippen LogP contribution < -0.4 is 5.32 Å². The molecule has 0 bridgehead atoms. The Bertz CT molecular complexity index is 752. The number of carbonyl (C=O) groups excluding carboxylic acids is 1. The van der Waals surface area contributed by atoms with Crippen molar-refractivity contribution in [1.29, 1.82) is 0 Å². The van der Waals surface area contributed by atoms with E-state index in [2.05, 4.69) is 10.3 Å². The van der Waals surface area contributed by atoms with Gasteiger partial charge < -0.3 is 15.0 Å². The molecule has 1 heterocycles. The highest BCUT2D eigenvalue weighted by molar-refractivity contribution is 5.95. The van der Waals surface area contributed by atoms with Crippen LogP contribution in [0.5, 0.6) is 0 Å². The van der Waals surface area contributed by atoms with E-state index in [9.17, 15) is 14.9 Å². The van der Waals surface area contributed by atoms with E-state index in [1.165, 1.54) is 23.2 Å². The summed E-state index contributed by atoms with van der Waals surface area (Å²) in [6.45, 7) is 0.183. The Hall–Kier alpha value is -2.74. The molecule has 1 aliphatic carbocycles. The van der Waals surface area contributed by atoms with Crippen LogP contribution in [0.15, 0.2) is 36.9 Å². The van der Waals surface area contributed by atoms with Crippen LogP contribution in [-0.4, -0.2) is 38.1 Å². The Labute approximate surface area is 144 Å². The number of benzene rings is 1. The highest BCUT2D eigenvalue weighted by atomic mass is 16.6. The Balaban J connectivity index is 1.75. The van der Waals surface area contributed by atoms with Gasteiger partial charge in [-0.3, -0.25) is 14.9 Å². The summed E-state index contributed by atoms with van der Waals surface area (Å²) in [4.78, 5) is 27.2. The first-order valence-electron chi connectivity index (χ1n) is 8.27. The highest BCUT2D eigenvalue weighted by Gasteiger charge is 2.24. The molecule has 1 aromatic heterocycles. The number of hydrogen-bond acceptors (Lipinski definition) is 5. The molecule has 1 saturated carbocycles. The zero-order chi connectivity index (χ0) is 17.8. The number of hydrogen-bond donors (Lipinski definition) is 2. The smallest absolute Gasteiger partial charge is 0.294 e. The molecule has 2 N–H and O–H groups in total. The quantitative estimate of drug-likeness (QED) is 0.637. The molecule has 132 valence electrons. The van der Waals surface area contributed by atoms with Gasteiger partial charge in [0, 0.05) is 36.7 Å². The molecule has 8 nitrogen and oxygen atoms in total. The van der Waals surface area contributed by atoms with Crippen molar-refractivity contribution in [3.05, 3.63) is 52.6 Å². The number of aliphatic hydroxyl groups is 1. The minimum Gasteiger partial charge on any atom is -0.396 e. The van der Waals surface area contributed by atoms with Crippen molar-refractivity contribution in [2.24, 2.45) is 5.92 Å². The second-order valence-corrected chi connectivity index (χ2v) is 6.30. The number of nitro groups is 1. The standard InChI is InChI=1S/C17H20N4O4/c22-10-12-1-4-14(5-2-12)19-17(23)13-3-6-15(16(9-13)21(24)25)20-8-7-18-11-20/h3,6-9,11-12,14,22H,1-2,4-5,10H2,(H,19,23). The molecule has 0 unspecified atom stereocenters. The minimum atomic E-state index is -0.501. The van der Waals surface area contributed by atoms with Crippen LogP contribution in [0.3, 0.4) is 0 Å². The van der Waals surface area contributed by atoms with Gasteiger partial charge in [0.25, 0.3) is 11.6 Å². The predicted octanol–water partition coefficient (Wildman–Crippen LogP) is 2.06. The van der Waals surface area contributed by atoms with Crippen LogP contribution >= 0.6 is 0 Å². The molecule has 0 saturated heterocycles. The third-order valence-corrected chi connectivity index (χ3v) is 4.66. The number of nitrogens with one attached hydrogen (secondary N) is 1. The summed E-state index contributed by atoms with van der Waals surface area (Å²) >= 11 is 0. The SMILES string of the molecule is O=C(NC1CCC(CO)CC1)c1ccc(-n2ccnc2)c([N+](=O)[O-])c1. The van der Waals surface area contributed by atoms with E-state index in [0.29, 0.717) is 11.6 Å². The van der Waals surface area contributed by atoms with E-state index in [0.717, 1.165) is 25.7 Å². The number of aliphatic hydroxyl groups excluding tert-OH is 1. The molecular weight excluding hydrogens is 324 g/mol. The molecule has 8 heteroatoms. The lowest BCUT2D eigenvalue weighted by molar-refractivity contribution is -0.384. The fourth-order valence-electron chi connectivity index (χ4n) is 3.19. The zero-order valence-corrected chi connectivity index (χ0v) is 13.7. The molecule has 0 aliphatic heterocycles. The van der Waals surface area contributed by atoms with E-state index < -0.39 is 4.92 Å². The summed E-state index contributed by atoms with van der Waals surface area (Å²) < 4.78 is 1.54. The van der Waals surface area contributed by atoms with Crippen molar-refractivity contribution in [1.82, 2.24) is 14.9 Å². The van der Waals surface area contributed by atoms with E-state index >= 15 is 0 Å². The van der Waals surface area contributed by atoms with E-state index in [-0.39, 0.29) is 29.8 Å². The van der Waals surface area contributed by atoms with Crippen molar-refractivity contribution in [3.8, 4) is 5.69 Å². The number of aromatic nitrogens is 2. The number of rotatable bonds is 5. The van der Waals surface area contributed by atoms with Crippen LogP contribution in [0, 0.1) is 16.0 Å². The monoisotopic (exact) mass is 344 g/mol. The minimum absolute atomic E-state index is 0.0441. The third kappa shape index (κ3) is 3.85. The van der Waals surface area contributed by atoms with Crippen molar-refractivity contribution in [2.45, 2.75) is 31.7 Å². The fraction of sp³-hybridized carbons (Fsp3) is 0.412. The normalized spacial score (nSPS) is 20.2. The Morgan fingerprint density at radius 3 is 2.72 bits per heavy atom. The number of imidazole rings is 1. The average Bonchev–Trinajstić information content (AvgIpc) is 3.16. The van der Waals surface area contributed by atoms with Crippen molar-refractivity contribution >= 4 is 11.6 Å². The molecule has 1 aromatic carbocycles. The summed E-state index contributed by atoms with van der Waals surface area (Å²) in [6.07, 6.45) is 8.00. The molecule has 2 aromatic rings. The van der Waals surface area contributed by atoms with Gasteiger partial charge >= 0.3 is 0 Å². The molecule has 0 spiro atoms. The second kappa shape index (κ2) is 7.43. The molecule has 0 atom stereocenters. The molecule has 1 aliphatic rings. The van der Waals surface area contributed by atoms with Gasteiger partial charge in [-0.25, -0.2) is 4.98 Å². The Kier molecular flexibility index (Phi) is 5.08. The van der Waals surface area contributed by atoms with Gasteiger partial charge in [0.15, 0.2) is 0 Å². The van der Waals surface area contributed by atoms with E-state index in [4.69, 9.17) is 5.11 Å². The molecule has 25 heavy (non-hydrogen) atoms. The number of nitro benzene ring substituents is 1. The first-order valence-corrected chi connectivity index (χ1v) is 8.27. The van der Waals surface area contributed by atoms with Gasteiger partial charge in [-0.05, 0) is 43.7 Å². The van der Waals surface area contributed by atoms with Crippen LogP contribution in [0.2, 0.25) is 0 Å². The first kappa shape index (κ1) is 17.1. The summed E-state index contributed by atoms with van der Waals surface area (Å²) in [5.41, 5.74) is 0.483. The lowest BCUT2D eigenvalue weighted by atomic mass is 9.86. The predicted molar refractivity (Wildman–Crippen MR) is 90.5 cm³/mol. The van der Waals surface area contributed by atoms with Gasteiger partial charge in [0.05, 0.1) is 11.3 Å². The van der Waals surface area contributed by atoms with Crippen LogP contribution in [0.1, 0.15) is 36.0 Å². The summed E-state index contributed by atoms with van der Waals surface area (Å²) in [6, 6.07) is 4.47. The fourth-order valence-corrected chi connectivity index (χ4v) is 3.19.